The normalized spacial score (nSPS) is 15.1. The number of nitrogens with zero attached hydrogens (tertiary/aromatic N) is 5. The van der Waals surface area contributed by atoms with Crippen LogP contribution in [0.15, 0.2) is 54.9 Å². The highest BCUT2D eigenvalue weighted by Gasteiger charge is 2.20. The first-order chi connectivity index (χ1) is 14.6. The fourth-order valence-electron chi connectivity index (χ4n) is 4.03. The molecule has 0 unspecified atom stereocenters. The lowest BCUT2D eigenvalue weighted by Gasteiger charge is -2.30. The summed E-state index contributed by atoms with van der Waals surface area (Å²) in [7, 11) is 1.95. The van der Waals surface area contributed by atoms with Crippen LogP contribution < -0.4 is 16.4 Å². The zero-order valence-corrected chi connectivity index (χ0v) is 17.0. The Hall–Kier alpha value is -3.45. The predicted octanol–water partition coefficient (Wildman–Crippen LogP) is 3.21. The number of hydrogen-bond acceptors (Lipinski definition) is 6. The quantitative estimate of drug-likeness (QED) is 0.513. The molecular weight excluding hydrogens is 374 g/mol. The van der Waals surface area contributed by atoms with Gasteiger partial charge in [0.2, 0.25) is 5.95 Å². The van der Waals surface area contributed by atoms with Gasteiger partial charge in [-0.2, -0.15) is 5.10 Å². The molecule has 1 fully saturated rings. The number of anilines is 2. The second kappa shape index (κ2) is 7.42. The molecule has 152 valence electrons. The van der Waals surface area contributed by atoms with Crippen molar-refractivity contribution in [2.24, 2.45) is 12.8 Å². The van der Waals surface area contributed by atoms with Gasteiger partial charge in [0.05, 0.1) is 17.4 Å². The average molecular weight is 400 g/mol. The van der Waals surface area contributed by atoms with E-state index in [1.807, 2.05) is 48.4 Å². The summed E-state index contributed by atoms with van der Waals surface area (Å²) >= 11 is 0. The molecule has 0 aliphatic carbocycles. The zero-order valence-electron chi connectivity index (χ0n) is 17.0. The number of rotatable bonds is 3. The lowest BCUT2D eigenvalue weighted by molar-refractivity contribution is 0.495. The number of aromatic nitrogens is 4. The molecule has 7 heteroatoms. The molecule has 0 saturated carbocycles. The van der Waals surface area contributed by atoms with Crippen LogP contribution in [-0.2, 0) is 7.05 Å². The first kappa shape index (κ1) is 18.6. The van der Waals surface area contributed by atoms with Crippen LogP contribution in [0.25, 0.3) is 33.3 Å². The molecule has 0 atom stereocenters. The molecule has 2 aromatic heterocycles. The van der Waals surface area contributed by atoms with Crippen molar-refractivity contribution >= 4 is 22.5 Å². The Morgan fingerprint density at radius 3 is 2.47 bits per heavy atom. The maximum Gasteiger partial charge on any atom is 0.225 e. The third-order valence-electron chi connectivity index (χ3n) is 5.84. The highest BCUT2D eigenvalue weighted by molar-refractivity contribution is 5.88. The van der Waals surface area contributed by atoms with E-state index in [0.29, 0.717) is 0 Å². The van der Waals surface area contributed by atoms with Gasteiger partial charge in [0.25, 0.3) is 0 Å². The Labute approximate surface area is 175 Å². The standard InChI is InChI=1S/C23H25N7/c1-29-21-7-4-16(12-17(21)13-27-29)20-14-26-23(30-10-8-19(25)9-11-30)28-22(20)15-2-5-18(24)6-3-15/h2-7,12-14,19H,8-11,24-25H2,1H3. The van der Waals surface area contributed by atoms with Crippen LogP contribution in [0.2, 0.25) is 0 Å². The minimum Gasteiger partial charge on any atom is -0.399 e. The summed E-state index contributed by atoms with van der Waals surface area (Å²) in [4.78, 5) is 11.9. The summed E-state index contributed by atoms with van der Waals surface area (Å²) < 4.78 is 1.88. The van der Waals surface area contributed by atoms with Crippen molar-refractivity contribution in [2.45, 2.75) is 18.9 Å². The average Bonchev–Trinajstić information content (AvgIpc) is 3.14. The van der Waals surface area contributed by atoms with Gasteiger partial charge in [-0.05, 0) is 42.7 Å². The van der Waals surface area contributed by atoms with Gasteiger partial charge in [0, 0.05) is 54.6 Å². The third-order valence-corrected chi connectivity index (χ3v) is 5.84. The van der Waals surface area contributed by atoms with E-state index in [1.165, 1.54) is 0 Å². The van der Waals surface area contributed by atoms with Crippen LogP contribution in [0.1, 0.15) is 12.8 Å². The van der Waals surface area contributed by atoms with Crippen molar-refractivity contribution in [3.63, 3.8) is 0 Å². The minimum absolute atomic E-state index is 0.267. The minimum atomic E-state index is 0.267. The van der Waals surface area contributed by atoms with Crippen LogP contribution in [0.3, 0.4) is 0 Å². The second-order valence-corrected chi connectivity index (χ2v) is 7.92. The molecule has 2 aromatic carbocycles. The smallest absolute Gasteiger partial charge is 0.225 e. The Balaban J connectivity index is 1.62. The Bertz CT molecular complexity index is 1190. The van der Waals surface area contributed by atoms with Crippen LogP contribution in [-0.4, -0.2) is 38.9 Å². The van der Waals surface area contributed by atoms with Gasteiger partial charge >= 0.3 is 0 Å². The number of fused-ring (bicyclic) bond motifs is 1. The van der Waals surface area contributed by atoms with Crippen molar-refractivity contribution in [3.05, 3.63) is 54.9 Å². The molecule has 3 heterocycles. The van der Waals surface area contributed by atoms with Crippen molar-refractivity contribution < 1.29 is 0 Å². The molecule has 1 aliphatic rings. The molecule has 1 aliphatic heterocycles. The third kappa shape index (κ3) is 3.37. The van der Waals surface area contributed by atoms with E-state index < -0.39 is 0 Å². The lowest BCUT2D eigenvalue weighted by Crippen LogP contribution is -2.40. The maximum atomic E-state index is 6.07. The van der Waals surface area contributed by atoms with Crippen molar-refractivity contribution in [1.82, 2.24) is 19.7 Å². The Kier molecular flexibility index (Phi) is 4.59. The van der Waals surface area contributed by atoms with Gasteiger partial charge in [-0.3, -0.25) is 4.68 Å². The molecule has 7 nitrogen and oxygen atoms in total. The number of nitrogen functional groups attached to an aromatic ring is 1. The summed E-state index contributed by atoms with van der Waals surface area (Å²) in [5.41, 5.74) is 17.8. The summed E-state index contributed by atoms with van der Waals surface area (Å²) in [6, 6.07) is 14.4. The summed E-state index contributed by atoms with van der Waals surface area (Å²) in [6.45, 7) is 1.76. The van der Waals surface area contributed by atoms with Gasteiger partial charge in [-0.15, -0.1) is 0 Å². The fourth-order valence-corrected chi connectivity index (χ4v) is 4.03. The van der Waals surface area contributed by atoms with E-state index in [9.17, 15) is 0 Å². The molecule has 5 rings (SSSR count). The van der Waals surface area contributed by atoms with Gasteiger partial charge < -0.3 is 16.4 Å². The Morgan fingerprint density at radius 1 is 0.967 bits per heavy atom. The van der Waals surface area contributed by atoms with Gasteiger partial charge in [-0.1, -0.05) is 18.2 Å². The number of aryl methyl sites for hydroxylation is 1. The monoisotopic (exact) mass is 399 g/mol. The molecule has 1 saturated heterocycles. The Morgan fingerprint density at radius 2 is 1.70 bits per heavy atom. The van der Waals surface area contributed by atoms with Crippen molar-refractivity contribution in [3.8, 4) is 22.4 Å². The van der Waals surface area contributed by atoms with Crippen molar-refractivity contribution in [2.75, 3.05) is 23.7 Å². The van der Waals surface area contributed by atoms with E-state index in [2.05, 4.69) is 28.2 Å². The van der Waals surface area contributed by atoms with Gasteiger partial charge in [-0.25, -0.2) is 9.97 Å². The van der Waals surface area contributed by atoms with E-state index in [1.54, 1.807) is 0 Å². The van der Waals surface area contributed by atoms with E-state index >= 15 is 0 Å². The van der Waals surface area contributed by atoms with Crippen LogP contribution >= 0.6 is 0 Å². The molecule has 0 spiro atoms. The fraction of sp³-hybridized carbons (Fsp3) is 0.261. The van der Waals surface area contributed by atoms with Gasteiger partial charge in [0.1, 0.15) is 0 Å². The number of nitrogens with two attached hydrogens (primary N) is 2. The van der Waals surface area contributed by atoms with Crippen LogP contribution in [0.5, 0.6) is 0 Å². The molecule has 0 bridgehead atoms. The van der Waals surface area contributed by atoms with Crippen molar-refractivity contribution in [1.29, 1.82) is 0 Å². The largest absolute Gasteiger partial charge is 0.399 e. The molecule has 0 radical (unpaired) electrons. The second-order valence-electron chi connectivity index (χ2n) is 7.92. The highest BCUT2D eigenvalue weighted by Crippen LogP contribution is 2.33. The molecule has 30 heavy (non-hydrogen) atoms. The molecule has 0 amide bonds. The number of benzene rings is 2. The van der Waals surface area contributed by atoms with E-state index in [4.69, 9.17) is 21.4 Å². The SMILES string of the molecule is Cn1ncc2cc(-c3cnc(N4CCC(N)CC4)nc3-c3ccc(N)cc3)ccc21. The van der Waals surface area contributed by atoms with Gasteiger partial charge in [0.15, 0.2) is 0 Å². The summed E-state index contributed by atoms with van der Waals surface area (Å²) in [6.07, 6.45) is 5.73. The first-order valence-corrected chi connectivity index (χ1v) is 10.2. The molecule has 4 N–H and O–H groups in total. The van der Waals surface area contributed by atoms with Crippen LogP contribution in [0, 0.1) is 0 Å². The first-order valence-electron chi connectivity index (χ1n) is 10.2. The molecular formula is C23H25N7. The summed E-state index contributed by atoms with van der Waals surface area (Å²) in [5, 5.41) is 5.45. The topological polar surface area (TPSA) is 98.9 Å². The maximum absolute atomic E-state index is 6.07. The number of piperidine rings is 1. The number of hydrogen-bond donors (Lipinski definition) is 2. The summed E-state index contributed by atoms with van der Waals surface area (Å²) in [5.74, 6) is 0.750. The van der Waals surface area contributed by atoms with E-state index in [-0.39, 0.29) is 6.04 Å². The zero-order chi connectivity index (χ0) is 20.7. The van der Waals surface area contributed by atoms with E-state index in [0.717, 1.165) is 70.9 Å². The predicted molar refractivity (Wildman–Crippen MR) is 121 cm³/mol. The van der Waals surface area contributed by atoms with Crippen LogP contribution in [0.4, 0.5) is 11.6 Å². The lowest BCUT2D eigenvalue weighted by atomic mass is 9.99. The highest BCUT2D eigenvalue weighted by atomic mass is 15.3. The molecule has 4 aromatic rings.